The number of nitrogens with zero attached hydrogens (tertiary/aromatic N) is 5. The summed E-state index contributed by atoms with van der Waals surface area (Å²) in [7, 11) is -2.26. The molecule has 4 N–H and O–H groups in total. The van der Waals surface area contributed by atoms with Gasteiger partial charge in [0.2, 0.25) is 6.35 Å². The van der Waals surface area contributed by atoms with E-state index in [-0.39, 0.29) is 24.0 Å². The smallest absolute Gasteiger partial charge is 0.229 e. The Labute approximate surface area is 164 Å². The molecule has 1 saturated heterocycles. The van der Waals surface area contributed by atoms with Crippen LogP contribution in [0.2, 0.25) is 18.1 Å². The minimum absolute atomic E-state index is 0.0827. The molecule has 28 heavy (non-hydrogen) atoms. The van der Waals surface area contributed by atoms with Crippen molar-refractivity contribution in [2.75, 3.05) is 13.2 Å². The molecule has 1 fully saturated rings. The molecule has 0 amide bonds. The van der Waals surface area contributed by atoms with Gasteiger partial charge in [-0.05, 0) is 29.7 Å². The average Bonchev–Trinajstić information content (AvgIpc) is 2.83. The number of amidine groups is 1. The van der Waals surface area contributed by atoms with Crippen LogP contribution >= 0.6 is 0 Å². The van der Waals surface area contributed by atoms with Crippen LogP contribution in [-0.2, 0) is 9.16 Å². The molecule has 0 bridgehead atoms. The zero-order chi connectivity index (χ0) is 21.3. The molecule has 2 heterocycles. The summed E-state index contributed by atoms with van der Waals surface area (Å²) < 4.78 is 27.0. The molecule has 0 radical (unpaired) electrons. The molecule has 2 unspecified atom stereocenters. The molecule has 5 atom stereocenters. The zero-order valence-electron chi connectivity index (χ0n) is 16.8. The second-order valence-corrected chi connectivity index (χ2v) is 13.4. The lowest BCUT2D eigenvalue weighted by molar-refractivity contribution is -0.157. The lowest BCUT2D eigenvalue weighted by atomic mass is 9.97. The number of hydrogen-bond acceptors (Lipinski definition) is 8. The van der Waals surface area contributed by atoms with Crippen LogP contribution in [0, 0.1) is 0 Å². The third-order valence-electron chi connectivity index (χ3n) is 5.60. The maximum Gasteiger partial charge on any atom is 0.229 e. The van der Waals surface area contributed by atoms with Gasteiger partial charge in [0, 0.05) is 11.1 Å². The molecule has 0 aromatic rings. The number of rotatable bonds is 6. The summed E-state index contributed by atoms with van der Waals surface area (Å²) in [6, 6.07) is 0. The Morgan fingerprint density at radius 2 is 2.14 bits per heavy atom. The maximum absolute atomic E-state index is 15.0. The van der Waals surface area contributed by atoms with Gasteiger partial charge in [0.15, 0.2) is 20.7 Å². The van der Waals surface area contributed by atoms with Gasteiger partial charge in [-0.3, -0.25) is 0 Å². The Hall–Kier alpha value is -1.69. The number of aliphatic imine (C=N–C) groups is 1. The van der Waals surface area contributed by atoms with E-state index in [2.05, 4.69) is 15.0 Å². The van der Waals surface area contributed by atoms with Gasteiger partial charge in [0.05, 0.1) is 13.2 Å². The van der Waals surface area contributed by atoms with E-state index in [1.165, 1.54) is 12.3 Å². The fraction of sp³-hybridized carbons (Fsp3) is 0.812. The van der Waals surface area contributed by atoms with Crippen molar-refractivity contribution in [2.45, 2.75) is 69.4 Å². The third-order valence-corrected chi connectivity index (χ3v) is 10.1. The number of azide groups is 1. The molecule has 0 spiro atoms. The van der Waals surface area contributed by atoms with Crippen molar-refractivity contribution >= 4 is 14.2 Å². The van der Waals surface area contributed by atoms with Crippen LogP contribution < -0.4 is 5.73 Å². The molecule has 2 aliphatic rings. The first-order valence-corrected chi connectivity index (χ1v) is 11.9. The number of halogens is 1. The molecular formula is C16H29FN6O4Si. The van der Waals surface area contributed by atoms with E-state index >= 15 is 0 Å². The zero-order valence-corrected chi connectivity index (χ0v) is 17.8. The quantitative estimate of drug-likeness (QED) is 0.259. The van der Waals surface area contributed by atoms with E-state index in [0.29, 0.717) is 0 Å². The summed E-state index contributed by atoms with van der Waals surface area (Å²) in [4.78, 5) is 7.57. The number of aliphatic hydroxyl groups is 2. The van der Waals surface area contributed by atoms with Crippen molar-refractivity contribution in [3.63, 3.8) is 0 Å². The average molecular weight is 417 g/mol. The Morgan fingerprint density at radius 1 is 1.50 bits per heavy atom. The summed E-state index contributed by atoms with van der Waals surface area (Å²) in [5.41, 5.74) is 12.7. The van der Waals surface area contributed by atoms with Crippen LogP contribution in [0.25, 0.3) is 10.4 Å². The van der Waals surface area contributed by atoms with Gasteiger partial charge < -0.3 is 30.0 Å². The normalized spacial score (nSPS) is 33.6. The fourth-order valence-corrected chi connectivity index (χ4v) is 3.75. The standard InChI is InChI=1S/C16H29FN6O4Si/c1-15(2,3)28(4,5)26-9-16(8-20-22-19)12(24)11(17)13(27-16)23-7-6-10(18)21-14(23)25/h6-7,11-14,24-25H,8-9H2,1-5H3,(H2,18,21)/t11-,12+,13-,14?,16?/m1/s1. The van der Waals surface area contributed by atoms with Gasteiger partial charge in [-0.25, -0.2) is 9.38 Å². The minimum Gasteiger partial charge on any atom is -0.414 e. The van der Waals surface area contributed by atoms with Crippen LogP contribution in [0.1, 0.15) is 20.8 Å². The number of alkyl halides is 1. The molecular weight excluding hydrogens is 387 g/mol. The van der Waals surface area contributed by atoms with Crippen LogP contribution in [0.3, 0.4) is 0 Å². The minimum atomic E-state index is -2.26. The molecule has 0 aromatic carbocycles. The summed E-state index contributed by atoms with van der Waals surface area (Å²) in [5.74, 6) is 0.0827. The van der Waals surface area contributed by atoms with Crippen molar-refractivity contribution in [3.05, 3.63) is 22.7 Å². The highest BCUT2D eigenvalue weighted by Gasteiger charge is 2.58. The maximum atomic E-state index is 15.0. The van der Waals surface area contributed by atoms with Gasteiger partial charge in [-0.1, -0.05) is 25.9 Å². The number of aliphatic hydroxyl groups excluding tert-OH is 2. The Bertz CT molecular complexity index is 693. The molecule has 0 aliphatic carbocycles. The van der Waals surface area contributed by atoms with Gasteiger partial charge >= 0.3 is 0 Å². The molecule has 12 heteroatoms. The molecule has 10 nitrogen and oxygen atoms in total. The van der Waals surface area contributed by atoms with Gasteiger partial charge in [-0.2, -0.15) is 0 Å². The van der Waals surface area contributed by atoms with Crippen LogP contribution in [0.4, 0.5) is 4.39 Å². The largest absolute Gasteiger partial charge is 0.414 e. The van der Waals surface area contributed by atoms with E-state index in [1.807, 2.05) is 33.9 Å². The second-order valence-electron chi connectivity index (χ2n) is 8.56. The predicted octanol–water partition coefficient (Wildman–Crippen LogP) is 1.57. The molecule has 158 valence electrons. The lowest BCUT2D eigenvalue weighted by Gasteiger charge is -2.40. The topological polar surface area (TPSA) is 149 Å². The summed E-state index contributed by atoms with van der Waals surface area (Å²) in [6.07, 6.45) is -3.61. The fourth-order valence-electron chi connectivity index (χ4n) is 2.71. The molecule has 0 saturated carbocycles. The first-order chi connectivity index (χ1) is 12.8. The van der Waals surface area contributed by atoms with E-state index in [0.717, 1.165) is 4.90 Å². The molecule has 2 aliphatic heterocycles. The van der Waals surface area contributed by atoms with Gasteiger partial charge in [0.1, 0.15) is 17.5 Å². The van der Waals surface area contributed by atoms with Crippen LogP contribution in [0.15, 0.2) is 22.4 Å². The highest BCUT2D eigenvalue weighted by molar-refractivity contribution is 6.74. The molecule has 2 rings (SSSR count). The number of hydrogen-bond donors (Lipinski definition) is 3. The summed E-state index contributed by atoms with van der Waals surface area (Å²) in [5, 5.41) is 24.1. The van der Waals surface area contributed by atoms with E-state index in [4.69, 9.17) is 20.4 Å². The highest BCUT2D eigenvalue weighted by Crippen LogP contribution is 2.41. The van der Waals surface area contributed by atoms with Crippen molar-refractivity contribution < 1.29 is 23.8 Å². The van der Waals surface area contributed by atoms with E-state index in [9.17, 15) is 14.6 Å². The van der Waals surface area contributed by atoms with Crippen LogP contribution in [-0.4, -0.2) is 72.9 Å². The van der Waals surface area contributed by atoms with Crippen molar-refractivity contribution in [1.29, 1.82) is 0 Å². The van der Waals surface area contributed by atoms with Crippen molar-refractivity contribution in [2.24, 2.45) is 15.8 Å². The first kappa shape index (κ1) is 22.6. The number of ether oxygens (including phenoxy) is 1. The van der Waals surface area contributed by atoms with Crippen molar-refractivity contribution in [1.82, 2.24) is 4.90 Å². The lowest BCUT2D eigenvalue weighted by Crippen LogP contribution is -2.53. The Kier molecular flexibility index (Phi) is 6.43. The Morgan fingerprint density at radius 3 is 2.68 bits per heavy atom. The third kappa shape index (κ3) is 4.32. The SMILES string of the molecule is CC(C)(C)[Si](C)(C)OCC1(CN=[N+]=[N-])O[C@@H](N2C=CC(N)=NC2O)[C@H](F)[C@@H]1O. The van der Waals surface area contributed by atoms with Gasteiger partial charge in [-0.15, -0.1) is 0 Å². The second kappa shape index (κ2) is 7.97. The predicted molar refractivity (Wildman–Crippen MR) is 104 cm³/mol. The highest BCUT2D eigenvalue weighted by atomic mass is 28.4. The van der Waals surface area contributed by atoms with E-state index < -0.39 is 38.8 Å². The Balaban J connectivity index is 2.28. The number of nitrogens with two attached hydrogens (primary N) is 1. The summed E-state index contributed by atoms with van der Waals surface area (Å²) in [6.45, 7) is 9.67. The van der Waals surface area contributed by atoms with Gasteiger partial charge in [0.25, 0.3) is 0 Å². The monoisotopic (exact) mass is 416 g/mol. The summed E-state index contributed by atoms with van der Waals surface area (Å²) >= 11 is 0. The van der Waals surface area contributed by atoms with E-state index in [1.54, 1.807) is 0 Å². The van der Waals surface area contributed by atoms with Crippen LogP contribution in [0.5, 0.6) is 0 Å². The molecule has 0 aromatic heterocycles. The van der Waals surface area contributed by atoms with Crippen molar-refractivity contribution in [3.8, 4) is 0 Å². The first-order valence-electron chi connectivity index (χ1n) is 8.96.